The number of nitrogens with one attached hydrogen (secondary N) is 1. The Balaban J connectivity index is 2.18. The van der Waals surface area contributed by atoms with Crippen molar-refractivity contribution in [3.05, 3.63) is 52.0 Å². The quantitative estimate of drug-likeness (QED) is 0.843. The van der Waals surface area contributed by atoms with Crippen LogP contribution in [0.3, 0.4) is 0 Å². The van der Waals surface area contributed by atoms with Gasteiger partial charge >= 0.3 is 0 Å². The van der Waals surface area contributed by atoms with Crippen LogP contribution in [0.1, 0.15) is 34.6 Å². The third-order valence-corrected chi connectivity index (χ3v) is 3.82. The average Bonchev–Trinajstić information content (AvgIpc) is 2.92. The minimum atomic E-state index is -0.562. The van der Waals surface area contributed by atoms with Gasteiger partial charge in [-0.1, -0.05) is 13.0 Å². The predicted octanol–water partition coefficient (Wildman–Crippen LogP) is 3.35. The maximum atomic E-state index is 13.6. The van der Waals surface area contributed by atoms with Crippen LogP contribution in [0.5, 0.6) is 0 Å². The van der Waals surface area contributed by atoms with Crippen molar-refractivity contribution in [3.8, 4) is 0 Å². The zero-order valence-electron chi connectivity index (χ0n) is 10.5. The molecule has 0 aliphatic carbocycles. The van der Waals surface area contributed by atoms with Crippen LogP contribution in [-0.4, -0.2) is 5.91 Å². The number of nitrogen functional groups attached to an aromatic ring is 1. The maximum Gasteiger partial charge on any atom is 0.254 e. The zero-order chi connectivity index (χ0) is 13.8. The molecule has 1 amide bonds. The molecule has 3 nitrogen and oxygen atoms in total. The molecule has 0 spiro atoms. The molecule has 100 valence electrons. The molecular weight excluding hydrogens is 263 g/mol. The normalized spacial score (nSPS) is 12.1. The molecule has 0 fully saturated rings. The van der Waals surface area contributed by atoms with Gasteiger partial charge in [0.05, 0.1) is 11.6 Å². The van der Waals surface area contributed by atoms with Crippen molar-refractivity contribution in [1.29, 1.82) is 0 Å². The Morgan fingerprint density at radius 2 is 2.26 bits per heavy atom. The Kier molecular flexibility index (Phi) is 4.16. The topological polar surface area (TPSA) is 55.1 Å². The number of carbonyl (C=O) groups excluding carboxylic acids is 1. The van der Waals surface area contributed by atoms with Crippen LogP contribution in [0.4, 0.5) is 10.1 Å². The first-order chi connectivity index (χ1) is 9.11. The number of hydrogen-bond donors (Lipinski definition) is 2. The smallest absolute Gasteiger partial charge is 0.254 e. The highest BCUT2D eigenvalue weighted by atomic mass is 32.1. The van der Waals surface area contributed by atoms with E-state index in [-0.39, 0.29) is 11.6 Å². The summed E-state index contributed by atoms with van der Waals surface area (Å²) >= 11 is 1.57. The second-order valence-electron chi connectivity index (χ2n) is 4.19. The van der Waals surface area contributed by atoms with Gasteiger partial charge in [-0.25, -0.2) is 4.39 Å². The Bertz CT molecular complexity index is 569. The molecule has 2 aromatic rings. The molecule has 1 aromatic heterocycles. The van der Waals surface area contributed by atoms with E-state index in [0.717, 1.165) is 11.3 Å². The summed E-state index contributed by atoms with van der Waals surface area (Å²) in [4.78, 5) is 13.1. The third kappa shape index (κ3) is 3.12. The van der Waals surface area contributed by atoms with E-state index in [2.05, 4.69) is 5.32 Å². The molecule has 1 heterocycles. The number of carbonyl (C=O) groups is 1. The molecule has 1 atom stereocenters. The summed E-state index contributed by atoms with van der Waals surface area (Å²) in [6.07, 6.45) is 0.746. The van der Waals surface area contributed by atoms with E-state index >= 15 is 0 Å². The number of anilines is 1. The zero-order valence-corrected chi connectivity index (χ0v) is 11.3. The summed E-state index contributed by atoms with van der Waals surface area (Å²) in [5, 5.41) is 4.78. The van der Waals surface area contributed by atoms with Crippen molar-refractivity contribution in [2.45, 2.75) is 19.4 Å². The minimum absolute atomic E-state index is 0.0185. The molecule has 0 radical (unpaired) electrons. The highest BCUT2D eigenvalue weighted by Crippen LogP contribution is 2.22. The molecule has 19 heavy (non-hydrogen) atoms. The summed E-state index contributed by atoms with van der Waals surface area (Å²) in [5.41, 5.74) is 5.93. The van der Waals surface area contributed by atoms with Crippen LogP contribution in [0.15, 0.2) is 35.7 Å². The van der Waals surface area contributed by atoms with Gasteiger partial charge in [-0.3, -0.25) is 4.79 Å². The van der Waals surface area contributed by atoms with Gasteiger partial charge in [0.25, 0.3) is 5.91 Å². The van der Waals surface area contributed by atoms with Crippen molar-refractivity contribution >= 4 is 22.9 Å². The predicted molar refractivity (Wildman–Crippen MR) is 75.6 cm³/mol. The number of benzene rings is 1. The molecule has 0 aliphatic heterocycles. The SMILES string of the molecule is CCC(NC(=O)c1cc(N)ccc1F)c1cccs1. The van der Waals surface area contributed by atoms with Gasteiger partial charge < -0.3 is 11.1 Å². The number of hydrogen-bond acceptors (Lipinski definition) is 3. The number of halogens is 1. The highest BCUT2D eigenvalue weighted by molar-refractivity contribution is 7.10. The molecule has 0 bridgehead atoms. The van der Waals surface area contributed by atoms with Gasteiger partial charge in [0.2, 0.25) is 0 Å². The van der Waals surface area contributed by atoms with Gasteiger partial charge in [0.15, 0.2) is 0 Å². The summed E-state index contributed by atoms with van der Waals surface area (Å²) in [7, 11) is 0. The van der Waals surface area contributed by atoms with E-state index in [4.69, 9.17) is 5.73 Å². The third-order valence-electron chi connectivity index (χ3n) is 2.84. The van der Waals surface area contributed by atoms with Crippen molar-refractivity contribution in [1.82, 2.24) is 5.32 Å². The molecule has 0 aliphatic rings. The Morgan fingerprint density at radius 1 is 1.47 bits per heavy atom. The van der Waals surface area contributed by atoms with Gasteiger partial charge in [-0.05, 0) is 36.1 Å². The van der Waals surface area contributed by atoms with Crippen molar-refractivity contribution < 1.29 is 9.18 Å². The lowest BCUT2D eigenvalue weighted by Gasteiger charge is -2.16. The first kappa shape index (κ1) is 13.5. The minimum Gasteiger partial charge on any atom is -0.399 e. The molecule has 0 saturated heterocycles. The molecule has 1 aromatic carbocycles. The number of thiophene rings is 1. The monoisotopic (exact) mass is 278 g/mol. The van der Waals surface area contributed by atoms with Crippen molar-refractivity contribution in [2.24, 2.45) is 0 Å². The van der Waals surface area contributed by atoms with Crippen LogP contribution in [0, 0.1) is 5.82 Å². The second kappa shape index (κ2) is 5.84. The molecule has 5 heteroatoms. The fourth-order valence-corrected chi connectivity index (χ4v) is 2.68. The number of nitrogens with two attached hydrogens (primary N) is 1. The maximum absolute atomic E-state index is 13.6. The van der Waals surface area contributed by atoms with Gasteiger partial charge in [0.1, 0.15) is 5.82 Å². The van der Waals surface area contributed by atoms with Crippen LogP contribution in [0.2, 0.25) is 0 Å². The Hall–Kier alpha value is -1.88. The average molecular weight is 278 g/mol. The van der Waals surface area contributed by atoms with Crippen LogP contribution in [0.25, 0.3) is 0 Å². The fraction of sp³-hybridized carbons (Fsp3) is 0.214. The summed E-state index contributed by atoms with van der Waals surface area (Å²) < 4.78 is 13.6. The molecular formula is C14H15FN2OS. The first-order valence-corrected chi connectivity index (χ1v) is 6.89. The van der Waals surface area contributed by atoms with E-state index in [1.807, 2.05) is 24.4 Å². The van der Waals surface area contributed by atoms with E-state index < -0.39 is 11.7 Å². The second-order valence-corrected chi connectivity index (χ2v) is 5.17. The summed E-state index contributed by atoms with van der Waals surface area (Å²) in [6.45, 7) is 1.97. The Morgan fingerprint density at radius 3 is 2.89 bits per heavy atom. The Labute approximate surface area is 115 Å². The van der Waals surface area contributed by atoms with E-state index in [1.54, 1.807) is 11.3 Å². The van der Waals surface area contributed by atoms with Gasteiger partial charge in [-0.15, -0.1) is 11.3 Å². The molecule has 2 rings (SSSR count). The van der Waals surface area contributed by atoms with Crippen LogP contribution >= 0.6 is 11.3 Å². The van der Waals surface area contributed by atoms with E-state index in [0.29, 0.717) is 5.69 Å². The number of rotatable bonds is 4. The summed E-state index contributed by atoms with van der Waals surface area (Å²) in [6, 6.07) is 7.77. The van der Waals surface area contributed by atoms with Gasteiger partial charge in [0, 0.05) is 10.6 Å². The highest BCUT2D eigenvalue weighted by Gasteiger charge is 2.17. The lowest BCUT2D eigenvalue weighted by atomic mass is 10.1. The van der Waals surface area contributed by atoms with Crippen molar-refractivity contribution in [3.63, 3.8) is 0 Å². The standard InChI is InChI=1S/C14H15FN2OS/c1-2-12(13-4-3-7-19-13)17-14(18)10-8-9(16)5-6-11(10)15/h3-8,12H,2,16H2,1H3,(H,17,18). The first-order valence-electron chi connectivity index (χ1n) is 6.01. The van der Waals surface area contributed by atoms with Gasteiger partial charge in [-0.2, -0.15) is 0 Å². The largest absolute Gasteiger partial charge is 0.399 e. The van der Waals surface area contributed by atoms with Crippen LogP contribution in [-0.2, 0) is 0 Å². The molecule has 1 unspecified atom stereocenters. The number of amides is 1. The lowest BCUT2D eigenvalue weighted by molar-refractivity contribution is 0.0932. The molecule has 3 N–H and O–H groups in total. The summed E-state index contributed by atoms with van der Waals surface area (Å²) in [5.74, 6) is -1.00. The van der Waals surface area contributed by atoms with Crippen LogP contribution < -0.4 is 11.1 Å². The van der Waals surface area contributed by atoms with E-state index in [9.17, 15) is 9.18 Å². The lowest BCUT2D eigenvalue weighted by Crippen LogP contribution is -2.28. The van der Waals surface area contributed by atoms with E-state index in [1.165, 1.54) is 18.2 Å². The van der Waals surface area contributed by atoms with Crippen molar-refractivity contribution in [2.75, 3.05) is 5.73 Å². The fourth-order valence-electron chi connectivity index (χ4n) is 1.82. The molecule has 0 saturated carbocycles.